The first-order valence-corrected chi connectivity index (χ1v) is 15.9. The molecule has 5 rings (SSSR count). The Morgan fingerprint density at radius 2 is 1.75 bits per heavy atom. The molecule has 12 nitrogen and oxygen atoms in total. The van der Waals surface area contributed by atoms with Gasteiger partial charge in [0, 0.05) is 38.2 Å². The summed E-state index contributed by atoms with van der Waals surface area (Å²) in [5, 5.41) is 20.1. The molecule has 1 aliphatic heterocycles. The highest BCUT2D eigenvalue weighted by Gasteiger charge is 2.35. The molecule has 0 saturated heterocycles. The first-order chi connectivity index (χ1) is 22.9. The number of carbonyl (C=O) groups is 3. The van der Waals surface area contributed by atoms with Crippen molar-refractivity contribution in [1.29, 1.82) is 0 Å². The number of nitrogen functional groups attached to an aromatic ring is 1. The third-order valence-electron chi connectivity index (χ3n) is 8.54. The van der Waals surface area contributed by atoms with Crippen molar-refractivity contribution in [2.75, 3.05) is 43.1 Å². The van der Waals surface area contributed by atoms with Crippen LogP contribution in [0, 0.1) is 12.8 Å². The van der Waals surface area contributed by atoms with Crippen molar-refractivity contribution in [3.8, 4) is 5.75 Å². The van der Waals surface area contributed by atoms with Gasteiger partial charge in [-0.3, -0.25) is 24.0 Å². The molecule has 0 fully saturated rings. The number of nitrogens with one attached hydrogen (secondary N) is 2. The second kappa shape index (κ2) is 14.7. The zero-order chi connectivity index (χ0) is 34.5. The Morgan fingerprint density at radius 1 is 1.06 bits per heavy atom. The summed E-state index contributed by atoms with van der Waals surface area (Å²) < 4.78 is 8.16. The van der Waals surface area contributed by atoms with Crippen molar-refractivity contribution in [3.05, 3.63) is 101 Å². The van der Waals surface area contributed by atoms with Gasteiger partial charge in [-0.2, -0.15) is 5.10 Å². The molecule has 4 aromatic rings. The number of fused-ring (bicyclic) bond motifs is 1. The fourth-order valence-corrected chi connectivity index (χ4v) is 5.82. The highest BCUT2D eigenvalue weighted by molar-refractivity contribution is 6.07. The van der Waals surface area contributed by atoms with Crippen LogP contribution in [0.15, 0.2) is 72.8 Å². The lowest BCUT2D eigenvalue weighted by Gasteiger charge is -2.38. The molecule has 1 aliphatic rings. The first kappa shape index (κ1) is 34.1. The van der Waals surface area contributed by atoms with Gasteiger partial charge in [0.1, 0.15) is 11.8 Å². The van der Waals surface area contributed by atoms with Crippen LogP contribution in [0.5, 0.6) is 5.75 Å². The molecule has 0 bridgehead atoms. The van der Waals surface area contributed by atoms with Crippen LogP contribution in [-0.2, 0) is 13.6 Å². The van der Waals surface area contributed by atoms with Gasteiger partial charge in [-0.25, -0.2) is 0 Å². The number of amides is 3. The summed E-state index contributed by atoms with van der Waals surface area (Å²) in [6.45, 7) is 6.88. The number of nitrogens with two attached hydrogens (primary N) is 1. The van der Waals surface area contributed by atoms with Crippen LogP contribution in [0.4, 0.5) is 17.1 Å². The van der Waals surface area contributed by atoms with Gasteiger partial charge in [0.2, 0.25) is 0 Å². The number of aliphatic hydroxyl groups excluding tert-OH is 1. The third-order valence-corrected chi connectivity index (χ3v) is 8.54. The summed E-state index contributed by atoms with van der Waals surface area (Å²) >= 11 is 0. The lowest BCUT2D eigenvalue weighted by Crippen LogP contribution is -2.49. The van der Waals surface area contributed by atoms with E-state index in [1.165, 1.54) is 4.68 Å². The van der Waals surface area contributed by atoms with Crippen molar-refractivity contribution < 1.29 is 24.2 Å². The number of aromatic nitrogens is 2. The monoisotopic (exact) mass is 653 g/mol. The minimum Gasteiger partial charge on any atom is -0.486 e. The minimum atomic E-state index is -0.422. The SMILES string of the molecule is Cc1cc(C(=O)Nc2cccc3c2O[C@@H](CN(C)Cc2ccc(C(=O)Nc4ccccc4N)cc2)[C@H](C)CN([C@@H](C)CO)C3=O)n(C)n1. The molecular weight excluding hydrogens is 610 g/mol. The van der Waals surface area contributed by atoms with Gasteiger partial charge < -0.3 is 31.1 Å². The maximum Gasteiger partial charge on any atom is 0.274 e. The first-order valence-electron chi connectivity index (χ1n) is 15.9. The lowest BCUT2D eigenvalue weighted by atomic mass is 9.98. The number of likely N-dealkylation sites (N-methyl/N-ethyl adjacent to an activating group) is 1. The average molecular weight is 654 g/mol. The zero-order valence-electron chi connectivity index (χ0n) is 27.9. The average Bonchev–Trinajstić information content (AvgIpc) is 3.41. The summed E-state index contributed by atoms with van der Waals surface area (Å²) in [7, 11) is 3.68. The van der Waals surface area contributed by atoms with E-state index in [0.717, 1.165) is 5.56 Å². The van der Waals surface area contributed by atoms with Gasteiger partial charge in [-0.1, -0.05) is 37.3 Å². The van der Waals surface area contributed by atoms with Crippen LogP contribution in [0.25, 0.3) is 0 Å². The maximum absolute atomic E-state index is 13.8. The molecule has 12 heteroatoms. The van der Waals surface area contributed by atoms with E-state index in [1.807, 2.05) is 52.1 Å². The second-order valence-electron chi connectivity index (χ2n) is 12.5. The maximum atomic E-state index is 13.8. The highest BCUT2D eigenvalue weighted by Crippen LogP contribution is 2.35. The summed E-state index contributed by atoms with van der Waals surface area (Å²) in [6.07, 6.45) is -0.381. The molecule has 2 heterocycles. The number of anilines is 3. The number of carbonyl (C=O) groups excluding carboxylic acids is 3. The van der Waals surface area contributed by atoms with Gasteiger partial charge in [-0.05, 0) is 68.9 Å². The summed E-state index contributed by atoms with van der Waals surface area (Å²) in [4.78, 5) is 43.7. The summed E-state index contributed by atoms with van der Waals surface area (Å²) in [5.74, 6) is -0.753. The smallest absolute Gasteiger partial charge is 0.274 e. The number of rotatable bonds is 10. The molecule has 0 spiro atoms. The van der Waals surface area contributed by atoms with E-state index in [4.69, 9.17) is 10.5 Å². The molecule has 3 aromatic carbocycles. The Bertz CT molecular complexity index is 1790. The number of benzene rings is 3. The predicted molar refractivity (Wildman–Crippen MR) is 185 cm³/mol. The normalized spacial score (nSPS) is 16.8. The Morgan fingerprint density at radius 3 is 2.42 bits per heavy atom. The van der Waals surface area contributed by atoms with Crippen LogP contribution < -0.4 is 21.1 Å². The number of aryl methyl sites for hydroxylation is 2. The van der Waals surface area contributed by atoms with Gasteiger partial charge in [0.15, 0.2) is 5.75 Å². The summed E-state index contributed by atoms with van der Waals surface area (Å²) in [5.41, 5.74) is 10.3. The Kier molecular flexibility index (Phi) is 10.5. The molecule has 5 N–H and O–H groups in total. The topological polar surface area (TPSA) is 155 Å². The van der Waals surface area contributed by atoms with E-state index in [1.54, 1.807) is 60.5 Å². The van der Waals surface area contributed by atoms with Crippen molar-refractivity contribution in [3.63, 3.8) is 0 Å². The molecule has 3 atom stereocenters. The lowest BCUT2D eigenvalue weighted by molar-refractivity contribution is 0.0343. The van der Waals surface area contributed by atoms with E-state index < -0.39 is 6.04 Å². The van der Waals surface area contributed by atoms with Crippen molar-refractivity contribution >= 4 is 34.8 Å². The van der Waals surface area contributed by atoms with Crippen molar-refractivity contribution in [2.24, 2.45) is 13.0 Å². The minimum absolute atomic E-state index is 0.126. The number of hydrogen-bond acceptors (Lipinski definition) is 8. The number of hydrogen-bond donors (Lipinski definition) is 4. The molecule has 0 saturated carbocycles. The van der Waals surface area contributed by atoms with Crippen LogP contribution >= 0.6 is 0 Å². The molecular formula is C36H43N7O5. The van der Waals surface area contributed by atoms with E-state index in [2.05, 4.69) is 20.6 Å². The molecule has 0 unspecified atom stereocenters. The highest BCUT2D eigenvalue weighted by atomic mass is 16.5. The van der Waals surface area contributed by atoms with Crippen LogP contribution in [0.2, 0.25) is 0 Å². The summed E-state index contributed by atoms with van der Waals surface area (Å²) in [6, 6.07) is 20.9. The predicted octanol–water partition coefficient (Wildman–Crippen LogP) is 4.17. The van der Waals surface area contributed by atoms with Crippen LogP contribution in [-0.4, -0.2) is 81.3 Å². The van der Waals surface area contributed by atoms with E-state index in [-0.39, 0.29) is 42.1 Å². The van der Waals surface area contributed by atoms with Gasteiger partial charge in [-0.15, -0.1) is 0 Å². The zero-order valence-corrected chi connectivity index (χ0v) is 27.9. The van der Waals surface area contributed by atoms with Crippen molar-refractivity contribution in [2.45, 2.75) is 39.5 Å². The number of ether oxygens (including phenoxy) is 1. The fraction of sp³-hybridized carbons (Fsp3) is 0.333. The number of nitrogens with zero attached hydrogens (tertiary/aromatic N) is 4. The molecule has 1 aromatic heterocycles. The molecule has 0 aliphatic carbocycles. The number of aliphatic hydroxyl groups is 1. The standard InChI is InChI=1S/C36H43N7O5/c1-22-18-43(24(3)21-44)36(47)27-9-8-12-30(39-35(46)31-17-23(2)40-42(31)5)33(27)48-32(22)20-41(4)19-25-13-15-26(16-14-25)34(45)38-29-11-7-6-10-28(29)37/h6-17,22,24,32,44H,18-21,37H2,1-5H3,(H,38,45)(H,39,46)/t22-,24+,32+/m1/s1. The third kappa shape index (κ3) is 7.67. The van der Waals surface area contributed by atoms with E-state index >= 15 is 0 Å². The van der Waals surface area contributed by atoms with Gasteiger partial charge in [0.25, 0.3) is 17.7 Å². The van der Waals surface area contributed by atoms with Crippen LogP contribution in [0.1, 0.15) is 56.3 Å². The molecule has 48 heavy (non-hydrogen) atoms. The number of para-hydroxylation sites is 3. The van der Waals surface area contributed by atoms with E-state index in [9.17, 15) is 19.5 Å². The quantitative estimate of drug-likeness (QED) is 0.186. The Hall–Kier alpha value is -5.20. The molecule has 0 radical (unpaired) electrons. The van der Waals surface area contributed by atoms with E-state index in [0.29, 0.717) is 59.2 Å². The molecule has 252 valence electrons. The fourth-order valence-electron chi connectivity index (χ4n) is 5.82. The van der Waals surface area contributed by atoms with Crippen molar-refractivity contribution in [1.82, 2.24) is 19.6 Å². The van der Waals surface area contributed by atoms with Crippen LogP contribution in [0.3, 0.4) is 0 Å². The van der Waals surface area contributed by atoms with Gasteiger partial charge >= 0.3 is 0 Å². The Labute approximate surface area is 280 Å². The largest absolute Gasteiger partial charge is 0.486 e. The Balaban J connectivity index is 1.35. The van der Waals surface area contributed by atoms with Gasteiger partial charge in [0.05, 0.1) is 41.0 Å². The second-order valence-corrected chi connectivity index (χ2v) is 12.5. The molecule has 3 amide bonds.